The molecular formula is C16H16FIN2O2S2. The Morgan fingerprint density at radius 1 is 1.46 bits per heavy atom. The molecule has 0 saturated heterocycles. The molecule has 2 N–H and O–H groups in total. The van der Waals surface area contributed by atoms with Crippen molar-refractivity contribution in [1.29, 1.82) is 0 Å². The van der Waals surface area contributed by atoms with Gasteiger partial charge in [0.2, 0.25) is 0 Å². The van der Waals surface area contributed by atoms with Gasteiger partial charge in [0, 0.05) is 10.1 Å². The molecule has 1 amide bonds. The summed E-state index contributed by atoms with van der Waals surface area (Å²) in [5.74, 6) is -0.421. The van der Waals surface area contributed by atoms with Crippen molar-refractivity contribution in [3.8, 4) is 0 Å². The van der Waals surface area contributed by atoms with Crippen LogP contribution < -0.4 is 5.32 Å². The first-order valence-electron chi connectivity index (χ1n) is 7.32. The van der Waals surface area contributed by atoms with Gasteiger partial charge < -0.3 is 3.44 Å². The Morgan fingerprint density at radius 2 is 2.17 bits per heavy atom. The quantitative estimate of drug-likeness (QED) is 0.506. The lowest BCUT2D eigenvalue weighted by atomic mass is 10.1. The van der Waals surface area contributed by atoms with Gasteiger partial charge in [-0.1, -0.05) is 28.8 Å². The van der Waals surface area contributed by atoms with Crippen molar-refractivity contribution in [3.05, 3.63) is 41.2 Å². The van der Waals surface area contributed by atoms with E-state index in [1.807, 2.05) is 24.3 Å². The van der Waals surface area contributed by atoms with Crippen LogP contribution in [0.4, 0.5) is 9.52 Å². The molecule has 1 saturated carbocycles. The van der Waals surface area contributed by atoms with Crippen molar-refractivity contribution in [2.45, 2.75) is 29.9 Å². The smallest absolute Gasteiger partial charge is 0.265 e. The molecule has 1 aliphatic carbocycles. The Kier molecular flexibility index (Phi) is 5.90. The van der Waals surface area contributed by atoms with Crippen LogP contribution in [0.15, 0.2) is 35.4 Å². The predicted molar refractivity (Wildman–Crippen MR) is 108 cm³/mol. The summed E-state index contributed by atoms with van der Waals surface area (Å²) in [5.41, 5.74) is 0.707. The lowest BCUT2D eigenvalue weighted by Gasteiger charge is -2.10. The Morgan fingerprint density at radius 3 is 2.67 bits per heavy atom. The number of halogens is 2. The number of hydrogen-bond acceptors (Lipinski definition) is 4. The number of benzene rings is 1. The second-order valence-corrected chi connectivity index (χ2v) is 10.0. The molecule has 1 aromatic carbocycles. The number of amides is 1. The van der Waals surface area contributed by atoms with Crippen molar-refractivity contribution < 1.29 is 12.6 Å². The maximum absolute atomic E-state index is 13.0. The van der Waals surface area contributed by atoms with Gasteiger partial charge in [-0.25, -0.2) is 4.98 Å². The van der Waals surface area contributed by atoms with Crippen LogP contribution in [0, 0.1) is 5.13 Å². The summed E-state index contributed by atoms with van der Waals surface area (Å²) >= 11 is -0.654. The molecule has 2 aromatic rings. The Bertz CT molecular complexity index is 814. The zero-order valence-electron chi connectivity index (χ0n) is 12.8. The summed E-state index contributed by atoms with van der Waals surface area (Å²) in [5, 5.41) is 5.29. The number of nitrogens with zero attached hydrogens (tertiary/aromatic N) is 1. The molecule has 0 bridgehead atoms. The molecular weight excluding hydrogens is 462 g/mol. The number of hydrogen-bond donors (Lipinski definition) is 2. The molecule has 0 aliphatic heterocycles. The predicted octanol–water partition coefficient (Wildman–Crippen LogP) is 3.93. The molecule has 8 heteroatoms. The third kappa shape index (κ3) is 4.16. The van der Waals surface area contributed by atoms with Crippen molar-refractivity contribution in [2.75, 3.05) is 5.32 Å². The van der Waals surface area contributed by atoms with Gasteiger partial charge in [-0.2, -0.15) is 14.9 Å². The topological polar surface area (TPSA) is 62.2 Å². The standard InChI is InChI=1S/C16H16FIN2O2S2/c1-2-24(12-7-8-12)11-5-3-10(4-6-11)14(18-22)15(21)20-16-19-9-13(17)23-16/h2-6,9,12,22H,7-8H2,1H3,(H,19,20,21). The van der Waals surface area contributed by atoms with Crippen molar-refractivity contribution in [2.24, 2.45) is 0 Å². The highest BCUT2D eigenvalue weighted by molar-refractivity contribution is 14.2. The van der Waals surface area contributed by atoms with Gasteiger partial charge in [0.15, 0.2) is 10.3 Å². The van der Waals surface area contributed by atoms with E-state index in [2.05, 4.69) is 22.6 Å². The van der Waals surface area contributed by atoms with E-state index < -0.39 is 32.2 Å². The lowest BCUT2D eigenvalue weighted by Crippen LogP contribution is -2.22. The van der Waals surface area contributed by atoms with E-state index in [0.29, 0.717) is 9.07 Å². The zero-order valence-corrected chi connectivity index (χ0v) is 16.6. The average molecular weight is 478 g/mol. The lowest BCUT2D eigenvalue weighted by molar-refractivity contribution is -0.110. The molecule has 1 unspecified atom stereocenters. The van der Waals surface area contributed by atoms with Gasteiger partial charge in [-0.3, -0.25) is 10.1 Å². The van der Waals surface area contributed by atoms with E-state index in [9.17, 15) is 12.6 Å². The maximum atomic E-state index is 13.0. The first-order chi connectivity index (χ1) is 11.6. The van der Waals surface area contributed by atoms with Crippen molar-refractivity contribution in [3.63, 3.8) is 0 Å². The number of carbonyl (C=O) groups excluding carboxylic acids is 1. The second-order valence-electron chi connectivity index (χ2n) is 5.15. The van der Waals surface area contributed by atoms with Gasteiger partial charge in [0.05, 0.1) is 27.3 Å². The monoisotopic (exact) mass is 478 g/mol. The Balaban J connectivity index is 1.77. The summed E-state index contributed by atoms with van der Waals surface area (Å²) < 4.78 is 23.0. The summed E-state index contributed by atoms with van der Waals surface area (Å²) in [4.78, 5) is 17.3. The van der Waals surface area contributed by atoms with Crippen molar-refractivity contribution >= 4 is 62.9 Å². The molecule has 3 rings (SSSR count). The second kappa shape index (κ2) is 7.94. The Hall–Kier alpha value is -0.970. The van der Waals surface area contributed by atoms with E-state index in [1.165, 1.54) is 17.7 Å². The SMILES string of the molecule is C/C=S(\c1ccc(C(=IO)C(=O)Nc2ncc(F)s2)cc1)C1CC1. The van der Waals surface area contributed by atoms with Crippen LogP contribution in [-0.2, 0) is 4.79 Å². The van der Waals surface area contributed by atoms with Crippen LogP contribution in [-0.4, -0.2) is 28.5 Å². The number of anilines is 1. The molecule has 1 heterocycles. The van der Waals surface area contributed by atoms with Gasteiger partial charge in [-0.05, 0) is 37.5 Å². The van der Waals surface area contributed by atoms with Gasteiger partial charge in [-0.15, -0.1) is 0 Å². The van der Waals surface area contributed by atoms with Crippen LogP contribution in [0.3, 0.4) is 0 Å². The van der Waals surface area contributed by atoms with Gasteiger partial charge in [0.25, 0.3) is 5.91 Å². The van der Waals surface area contributed by atoms with Crippen LogP contribution in [0.25, 0.3) is 0 Å². The first-order valence-corrected chi connectivity index (χ1v) is 11.5. The summed E-state index contributed by atoms with van der Waals surface area (Å²) in [6.07, 6.45) is 3.62. The van der Waals surface area contributed by atoms with Crippen LogP contribution >= 0.6 is 43.0 Å². The minimum absolute atomic E-state index is 0.163. The number of aromatic nitrogens is 1. The minimum atomic E-state index is -1.42. The van der Waals surface area contributed by atoms with E-state index in [0.717, 1.165) is 22.8 Å². The fraction of sp³-hybridized carbons (Fsp3) is 0.250. The van der Waals surface area contributed by atoms with Gasteiger partial charge >= 0.3 is 0 Å². The maximum Gasteiger partial charge on any atom is 0.265 e. The molecule has 0 radical (unpaired) electrons. The Labute approximate surface area is 156 Å². The molecule has 1 aromatic heterocycles. The number of rotatable bonds is 5. The average Bonchev–Trinajstić information content (AvgIpc) is 3.33. The number of carbonyl (C=O) groups is 1. The minimum Gasteiger partial charge on any atom is -0.336 e. The highest BCUT2D eigenvalue weighted by Crippen LogP contribution is 2.44. The fourth-order valence-electron chi connectivity index (χ4n) is 2.28. The first kappa shape index (κ1) is 17.8. The molecule has 24 heavy (non-hydrogen) atoms. The van der Waals surface area contributed by atoms with E-state index in [-0.39, 0.29) is 15.6 Å². The summed E-state index contributed by atoms with van der Waals surface area (Å²) in [6, 6.07) is 7.84. The highest BCUT2D eigenvalue weighted by atomic mass is 127. The largest absolute Gasteiger partial charge is 0.336 e. The fourth-order valence-corrected chi connectivity index (χ4v) is 5.95. The zero-order chi connectivity index (χ0) is 17.1. The van der Waals surface area contributed by atoms with E-state index in [1.54, 1.807) is 0 Å². The summed E-state index contributed by atoms with van der Waals surface area (Å²) in [6.45, 7) is 2.09. The summed E-state index contributed by atoms with van der Waals surface area (Å²) in [7, 11) is 0.163. The third-order valence-corrected chi connectivity index (χ3v) is 8.31. The van der Waals surface area contributed by atoms with Gasteiger partial charge in [0.1, 0.15) is 3.51 Å². The molecule has 4 nitrogen and oxygen atoms in total. The number of thiazole rings is 1. The van der Waals surface area contributed by atoms with Crippen LogP contribution in [0.2, 0.25) is 0 Å². The van der Waals surface area contributed by atoms with Crippen LogP contribution in [0.5, 0.6) is 0 Å². The molecule has 1 fully saturated rings. The highest BCUT2D eigenvalue weighted by Gasteiger charge is 2.25. The van der Waals surface area contributed by atoms with Crippen molar-refractivity contribution in [1.82, 2.24) is 4.98 Å². The molecule has 1 atom stereocenters. The normalized spacial score (nSPS) is 16.5. The van der Waals surface area contributed by atoms with E-state index >= 15 is 0 Å². The number of nitrogens with one attached hydrogen (secondary N) is 1. The molecule has 1 aliphatic rings. The van der Waals surface area contributed by atoms with Crippen LogP contribution in [0.1, 0.15) is 25.3 Å². The molecule has 0 spiro atoms. The third-order valence-electron chi connectivity index (χ3n) is 3.50. The van der Waals surface area contributed by atoms with E-state index in [4.69, 9.17) is 0 Å². The molecule has 128 valence electrons.